The van der Waals surface area contributed by atoms with Gasteiger partial charge in [-0.3, -0.25) is 18.7 Å². The Morgan fingerprint density at radius 2 is 1.85 bits per heavy atom. The molecule has 0 fully saturated rings. The Bertz CT molecular complexity index is 1430. The van der Waals surface area contributed by atoms with E-state index in [4.69, 9.17) is 4.74 Å². The highest BCUT2D eigenvalue weighted by Gasteiger charge is 2.20. The van der Waals surface area contributed by atoms with Crippen molar-refractivity contribution >= 4 is 33.1 Å². The predicted octanol–water partition coefficient (Wildman–Crippen LogP) is 3.64. The Labute approximate surface area is 195 Å². The molecule has 0 unspecified atom stereocenters. The van der Waals surface area contributed by atoms with Gasteiger partial charge in [0.15, 0.2) is 0 Å². The third-order valence-corrected chi connectivity index (χ3v) is 6.47. The second-order valence-corrected chi connectivity index (χ2v) is 8.60. The number of hydrogen-bond donors (Lipinski definition) is 0. The number of fused-ring (bicyclic) bond motifs is 1. The van der Waals surface area contributed by atoms with Crippen LogP contribution in [-0.4, -0.2) is 28.7 Å². The van der Waals surface area contributed by atoms with Crippen molar-refractivity contribution in [1.29, 1.82) is 0 Å². The van der Waals surface area contributed by atoms with Gasteiger partial charge in [-0.1, -0.05) is 30.3 Å². The molecule has 0 aliphatic carbocycles. The number of nitrogens with zero attached hydrogens (tertiary/aromatic N) is 3. The number of likely N-dealkylation sites (N-methyl/N-ethyl adjacent to an activating group) is 1. The van der Waals surface area contributed by atoms with Crippen molar-refractivity contribution in [2.45, 2.75) is 26.9 Å². The highest BCUT2D eigenvalue weighted by molar-refractivity contribution is 7.17. The van der Waals surface area contributed by atoms with E-state index in [0.717, 1.165) is 11.3 Å². The molecule has 1 amide bonds. The van der Waals surface area contributed by atoms with Crippen molar-refractivity contribution < 1.29 is 9.53 Å². The fraction of sp³-hybridized carbons (Fsp3) is 0.240. The highest BCUT2D eigenvalue weighted by Crippen LogP contribution is 2.20. The molecule has 8 heteroatoms. The van der Waals surface area contributed by atoms with Crippen LogP contribution in [0.2, 0.25) is 0 Å². The van der Waals surface area contributed by atoms with Crippen molar-refractivity contribution in [2.24, 2.45) is 0 Å². The fourth-order valence-corrected chi connectivity index (χ4v) is 4.79. The number of ether oxygens (including phenoxy) is 1. The van der Waals surface area contributed by atoms with Crippen molar-refractivity contribution in [3.8, 4) is 5.75 Å². The van der Waals surface area contributed by atoms with Gasteiger partial charge in [0.05, 0.1) is 19.2 Å². The minimum Gasteiger partial charge on any atom is -0.496 e. The number of aromatic nitrogens is 2. The van der Waals surface area contributed by atoms with Gasteiger partial charge >= 0.3 is 5.69 Å². The second kappa shape index (κ2) is 9.46. The normalized spacial score (nSPS) is 11.0. The molecule has 4 rings (SSSR count). The number of thiophene rings is 1. The van der Waals surface area contributed by atoms with Crippen LogP contribution in [0, 0.1) is 6.92 Å². The van der Waals surface area contributed by atoms with Gasteiger partial charge in [-0.15, -0.1) is 11.3 Å². The monoisotopic (exact) mass is 463 g/mol. The summed E-state index contributed by atoms with van der Waals surface area (Å²) < 4.78 is 8.39. The van der Waals surface area contributed by atoms with E-state index in [9.17, 15) is 14.4 Å². The van der Waals surface area contributed by atoms with Crippen LogP contribution in [0.15, 0.2) is 69.6 Å². The maximum absolute atomic E-state index is 13.5. The number of rotatable bonds is 7. The maximum Gasteiger partial charge on any atom is 0.332 e. The van der Waals surface area contributed by atoms with E-state index in [2.05, 4.69) is 0 Å². The molecule has 2 aromatic heterocycles. The molecule has 0 saturated heterocycles. The quantitative estimate of drug-likeness (QED) is 0.419. The van der Waals surface area contributed by atoms with Crippen LogP contribution < -0.4 is 20.9 Å². The molecular formula is C25H25N3O4S. The van der Waals surface area contributed by atoms with Crippen molar-refractivity contribution in [3.05, 3.63) is 91.9 Å². The standard InChI is InChI=1S/C25H25N3O4S/c1-4-26(19-10-7-8-17(2)14-19)22(29)16-27-20-12-13-33-23(20)24(30)28(25(27)31)15-18-9-5-6-11-21(18)32-3/h5-14H,4,15-16H2,1-3H3. The maximum atomic E-state index is 13.5. The molecule has 2 aromatic carbocycles. The fourth-order valence-electron chi connectivity index (χ4n) is 3.95. The van der Waals surface area contributed by atoms with E-state index >= 15 is 0 Å². The molecule has 0 radical (unpaired) electrons. The Balaban J connectivity index is 1.78. The van der Waals surface area contributed by atoms with Crippen LogP contribution in [-0.2, 0) is 17.9 Å². The highest BCUT2D eigenvalue weighted by atomic mass is 32.1. The zero-order valence-electron chi connectivity index (χ0n) is 18.8. The Kier molecular flexibility index (Phi) is 6.46. The molecule has 0 bridgehead atoms. The molecule has 170 valence electrons. The molecule has 0 N–H and O–H groups in total. The van der Waals surface area contributed by atoms with Crippen molar-refractivity contribution in [1.82, 2.24) is 9.13 Å². The zero-order valence-corrected chi connectivity index (χ0v) is 19.6. The number of para-hydroxylation sites is 1. The Morgan fingerprint density at radius 1 is 1.06 bits per heavy atom. The Morgan fingerprint density at radius 3 is 2.58 bits per heavy atom. The number of amides is 1. The van der Waals surface area contributed by atoms with E-state index < -0.39 is 5.69 Å². The number of carbonyl (C=O) groups is 1. The molecular weight excluding hydrogens is 438 g/mol. The molecule has 33 heavy (non-hydrogen) atoms. The van der Waals surface area contributed by atoms with E-state index in [1.54, 1.807) is 29.5 Å². The number of carbonyl (C=O) groups excluding carboxylic acids is 1. The number of hydrogen-bond acceptors (Lipinski definition) is 5. The minimum absolute atomic E-state index is 0.0546. The number of anilines is 1. The first kappa shape index (κ1) is 22.5. The smallest absolute Gasteiger partial charge is 0.332 e. The summed E-state index contributed by atoms with van der Waals surface area (Å²) in [6, 6.07) is 16.7. The average Bonchev–Trinajstić information content (AvgIpc) is 3.30. The number of aryl methyl sites for hydroxylation is 1. The minimum atomic E-state index is -0.523. The number of benzene rings is 2. The molecule has 7 nitrogen and oxygen atoms in total. The summed E-state index contributed by atoms with van der Waals surface area (Å²) in [4.78, 5) is 41.5. The van der Waals surface area contributed by atoms with Gasteiger partial charge in [0.2, 0.25) is 5.91 Å². The number of methoxy groups -OCH3 is 1. The largest absolute Gasteiger partial charge is 0.496 e. The van der Waals surface area contributed by atoms with Gasteiger partial charge < -0.3 is 9.64 Å². The topological polar surface area (TPSA) is 73.5 Å². The molecule has 0 aliphatic rings. The summed E-state index contributed by atoms with van der Waals surface area (Å²) in [7, 11) is 1.55. The summed E-state index contributed by atoms with van der Waals surface area (Å²) in [5, 5.41) is 1.76. The van der Waals surface area contributed by atoms with E-state index in [1.165, 1.54) is 20.5 Å². The summed E-state index contributed by atoms with van der Waals surface area (Å²) in [5.41, 5.74) is 2.11. The van der Waals surface area contributed by atoms with Crippen LogP contribution in [0.1, 0.15) is 18.1 Å². The zero-order chi connectivity index (χ0) is 23.5. The van der Waals surface area contributed by atoms with Gasteiger partial charge in [0.25, 0.3) is 5.56 Å². The molecule has 4 aromatic rings. The van der Waals surface area contributed by atoms with Crippen LogP contribution in [0.5, 0.6) is 5.75 Å². The second-order valence-electron chi connectivity index (χ2n) is 7.68. The lowest BCUT2D eigenvalue weighted by molar-refractivity contribution is -0.119. The van der Waals surface area contributed by atoms with Crippen LogP contribution in [0.3, 0.4) is 0 Å². The average molecular weight is 464 g/mol. The Hall–Kier alpha value is -3.65. The van der Waals surface area contributed by atoms with Gasteiger partial charge in [-0.2, -0.15) is 0 Å². The summed E-state index contributed by atoms with van der Waals surface area (Å²) in [6.07, 6.45) is 0. The van der Waals surface area contributed by atoms with Crippen molar-refractivity contribution in [3.63, 3.8) is 0 Å². The molecule has 0 atom stereocenters. The predicted molar refractivity (Wildman–Crippen MR) is 132 cm³/mol. The third kappa shape index (κ3) is 4.34. The lowest BCUT2D eigenvalue weighted by Crippen LogP contribution is -2.43. The van der Waals surface area contributed by atoms with Crippen molar-refractivity contribution in [2.75, 3.05) is 18.6 Å². The van der Waals surface area contributed by atoms with Crippen LogP contribution in [0.25, 0.3) is 10.2 Å². The van der Waals surface area contributed by atoms with Crippen LogP contribution >= 0.6 is 11.3 Å². The lowest BCUT2D eigenvalue weighted by Gasteiger charge is -2.22. The van der Waals surface area contributed by atoms with E-state index in [-0.39, 0.29) is 24.6 Å². The first-order chi connectivity index (χ1) is 15.9. The molecule has 0 saturated carbocycles. The molecule has 2 heterocycles. The lowest BCUT2D eigenvalue weighted by atomic mass is 10.2. The first-order valence-electron chi connectivity index (χ1n) is 10.6. The van der Waals surface area contributed by atoms with Gasteiger partial charge in [0, 0.05) is 17.8 Å². The van der Waals surface area contributed by atoms with Gasteiger partial charge in [0.1, 0.15) is 17.0 Å². The summed E-state index contributed by atoms with van der Waals surface area (Å²) in [6.45, 7) is 4.21. The van der Waals surface area contributed by atoms with Gasteiger partial charge in [-0.05, 0) is 49.1 Å². The summed E-state index contributed by atoms with van der Waals surface area (Å²) >= 11 is 1.26. The summed E-state index contributed by atoms with van der Waals surface area (Å²) in [5.74, 6) is 0.370. The SMILES string of the molecule is CCN(C(=O)Cn1c(=O)n(Cc2ccccc2OC)c(=O)c2sccc21)c1cccc(C)c1. The third-order valence-electron chi connectivity index (χ3n) is 5.58. The van der Waals surface area contributed by atoms with E-state index in [1.807, 2.05) is 56.3 Å². The molecule has 0 spiro atoms. The van der Waals surface area contributed by atoms with E-state index in [0.29, 0.717) is 28.1 Å². The molecule has 0 aliphatic heterocycles. The first-order valence-corrected chi connectivity index (χ1v) is 11.5. The van der Waals surface area contributed by atoms with Crippen LogP contribution in [0.4, 0.5) is 5.69 Å². The van der Waals surface area contributed by atoms with Gasteiger partial charge in [-0.25, -0.2) is 4.79 Å².